The summed E-state index contributed by atoms with van der Waals surface area (Å²) in [6.45, 7) is 1.77. The van der Waals surface area contributed by atoms with Gasteiger partial charge in [0.1, 0.15) is 5.82 Å². The lowest BCUT2D eigenvalue weighted by molar-refractivity contribution is 0.0996. The number of carbonyl (C=O) groups is 1. The Hall–Kier alpha value is -1.38. The second-order valence-corrected chi connectivity index (χ2v) is 2.35. The molecule has 0 fully saturated rings. The van der Waals surface area contributed by atoms with Gasteiger partial charge in [0.25, 0.3) is 5.91 Å². The SMILES string of the molecule is Cc1ccc(F)c(C(N)=O)c1. The van der Waals surface area contributed by atoms with Crippen LogP contribution in [-0.4, -0.2) is 5.91 Å². The molecule has 0 saturated heterocycles. The summed E-state index contributed by atoms with van der Waals surface area (Å²) < 4.78 is 12.7. The molecule has 0 radical (unpaired) electrons. The number of hydrogen-bond donors (Lipinski definition) is 1. The van der Waals surface area contributed by atoms with Gasteiger partial charge in [0.15, 0.2) is 0 Å². The zero-order valence-corrected chi connectivity index (χ0v) is 6.10. The summed E-state index contributed by atoms with van der Waals surface area (Å²) in [5.41, 5.74) is 5.67. The van der Waals surface area contributed by atoms with Crippen molar-refractivity contribution in [2.24, 2.45) is 5.73 Å². The molecule has 0 unspecified atom stereocenters. The Morgan fingerprint density at radius 2 is 2.18 bits per heavy atom. The van der Waals surface area contributed by atoms with Gasteiger partial charge in [-0.2, -0.15) is 0 Å². The van der Waals surface area contributed by atoms with Crippen LogP contribution >= 0.6 is 0 Å². The van der Waals surface area contributed by atoms with Gasteiger partial charge >= 0.3 is 0 Å². The van der Waals surface area contributed by atoms with Crippen LogP contribution in [0.4, 0.5) is 4.39 Å². The summed E-state index contributed by atoms with van der Waals surface area (Å²) in [6.07, 6.45) is 0. The Labute approximate surface area is 63.8 Å². The van der Waals surface area contributed by atoms with Crippen molar-refractivity contribution in [1.29, 1.82) is 0 Å². The maximum atomic E-state index is 12.7. The first-order chi connectivity index (χ1) is 5.11. The monoisotopic (exact) mass is 153 g/mol. The van der Waals surface area contributed by atoms with E-state index in [0.29, 0.717) is 0 Å². The standard InChI is InChI=1S/C8H8FNO/c1-5-2-3-7(9)6(4-5)8(10)11/h2-4H,1H3,(H2,10,11). The fourth-order valence-electron chi connectivity index (χ4n) is 0.828. The number of carbonyl (C=O) groups excluding carboxylic acids is 1. The predicted molar refractivity (Wildman–Crippen MR) is 39.7 cm³/mol. The van der Waals surface area contributed by atoms with Gasteiger partial charge in [-0.1, -0.05) is 11.6 Å². The number of primary amides is 1. The number of benzene rings is 1. The van der Waals surface area contributed by atoms with E-state index in [1.165, 1.54) is 12.1 Å². The molecule has 1 rings (SSSR count). The van der Waals surface area contributed by atoms with Gasteiger partial charge in [-0.3, -0.25) is 4.79 Å². The molecule has 1 aromatic carbocycles. The molecule has 0 saturated carbocycles. The van der Waals surface area contributed by atoms with Crippen LogP contribution < -0.4 is 5.73 Å². The van der Waals surface area contributed by atoms with Gasteiger partial charge in [-0.05, 0) is 19.1 Å². The minimum absolute atomic E-state index is 0.0509. The average molecular weight is 153 g/mol. The number of hydrogen-bond acceptors (Lipinski definition) is 1. The first-order valence-electron chi connectivity index (χ1n) is 3.17. The van der Waals surface area contributed by atoms with Crippen LogP contribution in [0.3, 0.4) is 0 Å². The summed E-state index contributed by atoms with van der Waals surface area (Å²) >= 11 is 0. The van der Waals surface area contributed by atoms with Gasteiger partial charge in [0, 0.05) is 0 Å². The van der Waals surface area contributed by atoms with Crippen LogP contribution in [0, 0.1) is 12.7 Å². The third-order valence-corrected chi connectivity index (χ3v) is 1.39. The highest BCUT2D eigenvalue weighted by molar-refractivity contribution is 5.93. The third kappa shape index (κ3) is 1.55. The maximum absolute atomic E-state index is 12.7. The Morgan fingerprint density at radius 1 is 1.55 bits per heavy atom. The smallest absolute Gasteiger partial charge is 0.251 e. The molecule has 0 aliphatic rings. The molecular weight excluding hydrogens is 145 g/mol. The zero-order chi connectivity index (χ0) is 8.43. The van der Waals surface area contributed by atoms with Crippen molar-refractivity contribution in [3.63, 3.8) is 0 Å². The van der Waals surface area contributed by atoms with Crippen LogP contribution in [0.2, 0.25) is 0 Å². The van der Waals surface area contributed by atoms with Gasteiger partial charge in [0.05, 0.1) is 5.56 Å². The van der Waals surface area contributed by atoms with Crippen molar-refractivity contribution in [3.8, 4) is 0 Å². The Balaban J connectivity index is 3.23. The van der Waals surface area contributed by atoms with Crippen LogP contribution in [0.25, 0.3) is 0 Å². The van der Waals surface area contributed by atoms with E-state index < -0.39 is 11.7 Å². The quantitative estimate of drug-likeness (QED) is 0.647. The summed E-state index contributed by atoms with van der Waals surface area (Å²) in [7, 11) is 0. The molecule has 0 atom stereocenters. The Morgan fingerprint density at radius 3 is 2.64 bits per heavy atom. The molecule has 0 aliphatic carbocycles. The minimum atomic E-state index is -0.730. The van der Waals surface area contributed by atoms with Crippen LogP contribution in [0.5, 0.6) is 0 Å². The van der Waals surface area contributed by atoms with Crippen LogP contribution in [0.15, 0.2) is 18.2 Å². The van der Waals surface area contributed by atoms with Crippen LogP contribution in [-0.2, 0) is 0 Å². The van der Waals surface area contributed by atoms with Crippen molar-refractivity contribution < 1.29 is 9.18 Å². The summed E-state index contributed by atoms with van der Waals surface area (Å²) in [5.74, 6) is -1.30. The molecule has 1 aromatic rings. The molecule has 0 aliphatic heterocycles. The summed E-state index contributed by atoms with van der Waals surface area (Å²) in [5, 5.41) is 0. The fraction of sp³-hybridized carbons (Fsp3) is 0.125. The second kappa shape index (κ2) is 2.70. The fourth-order valence-corrected chi connectivity index (χ4v) is 0.828. The molecule has 0 bridgehead atoms. The molecule has 58 valence electrons. The summed E-state index contributed by atoms with van der Waals surface area (Å²) in [6, 6.07) is 4.24. The molecule has 0 heterocycles. The molecule has 0 spiro atoms. The molecule has 11 heavy (non-hydrogen) atoms. The van der Waals surface area contributed by atoms with E-state index in [2.05, 4.69) is 0 Å². The van der Waals surface area contributed by atoms with Gasteiger partial charge in [-0.25, -0.2) is 4.39 Å². The molecule has 2 nitrogen and oxygen atoms in total. The Bertz CT molecular complexity index is 296. The topological polar surface area (TPSA) is 43.1 Å². The lowest BCUT2D eigenvalue weighted by Crippen LogP contribution is -2.13. The highest BCUT2D eigenvalue weighted by Crippen LogP contribution is 2.08. The first-order valence-corrected chi connectivity index (χ1v) is 3.17. The molecule has 0 aromatic heterocycles. The lowest BCUT2D eigenvalue weighted by atomic mass is 10.1. The highest BCUT2D eigenvalue weighted by Gasteiger charge is 2.06. The normalized spacial score (nSPS) is 9.64. The maximum Gasteiger partial charge on any atom is 0.251 e. The van der Waals surface area contributed by atoms with E-state index in [-0.39, 0.29) is 5.56 Å². The van der Waals surface area contributed by atoms with E-state index in [9.17, 15) is 9.18 Å². The van der Waals surface area contributed by atoms with E-state index >= 15 is 0 Å². The van der Waals surface area contributed by atoms with Crippen molar-refractivity contribution in [2.75, 3.05) is 0 Å². The number of amides is 1. The first kappa shape index (κ1) is 7.72. The molecule has 1 amide bonds. The van der Waals surface area contributed by atoms with Crippen molar-refractivity contribution >= 4 is 5.91 Å². The molecule has 2 N–H and O–H groups in total. The summed E-state index contributed by atoms with van der Waals surface area (Å²) in [4.78, 5) is 10.6. The van der Waals surface area contributed by atoms with E-state index in [1.807, 2.05) is 0 Å². The Kier molecular flexibility index (Phi) is 1.89. The third-order valence-electron chi connectivity index (χ3n) is 1.39. The van der Waals surface area contributed by atoms with E-state index in [0.717, 1.165) is 5.56 Å². The van der Waals surface area contributed by atoms with E-state index in [1.54, 1.807) is 13.0 Å². The number of aryl methyl sites for hydroxylation is 1. The van der Waals surface area contributed by atoms with Crippen LogP contribution in [0.1, 0.15) is 15.9 Å². The number of rotatable bonds is 1. The predicted octanol–water partition coefficient (Wildman–Crippen LogP) is 1.23. The van der Waals surface area contributed by atoms with Crippen molar-refractivity contribution in [1.82, 2.24) is 0 Å². The van der Waals surface area contributed by atoms with Crippen molar-refractivity contribution in [3.05, 3.63) is 35.1 Å². The minimum Gasteiger partial charge on any atom is -0.366 e. The molecule has 3 heteroatoms. The highest BCUT2D eigenvalue weighted by atomic mass is 19.1. The largest absolute Gasteiger partial charge is 0.366 e. The second-order valence-electron chi connectivity index (χ2n) is 2.35. The average Bonchev–Trinajstić information content (AvgIpc) is 1.94. The number of halogens is 1. The lowest BCUT2D eigenvalue weighted by Gasteiger charge is -1.98. The van der Waals surface area contributed by atoms with Gasteiger partial charge < -0.3 is 5.73 Å². The number of nitrogens with two attached hydrogens (primary N) is 1. The van der Waals surface area contributed by atoms with Gasteiger partial charge in [-0.15, -0.1) is 0 Å². The van der Waals surface area contributed by atoms with Gasteiger partial charge in [0.2, 0.25) is 0 Å². The van der Waals surface area contributed by atoms with E-state index in [4.69, 9.17) is 5.73 Å². The zero-order valence-electron chi connectivity index (χ0n) is 6.10. The van der Waals surface area contributed by atoms with Crippen molar-refractivity contribution in [2.45, 2.75) is 6.92 Å². The molecular formula is C8H8FNO.